The summed E-state index contributed by atoms with van der Waals surface area (Å²) in [4.78, 5) is 10.5. The van der Waals surface area contributed by atoms with Gasteiger partial charge in [0.2, 0.25) is 0 Å². The standard InChI is InChI=1S/C12H9N3O2S/c16-11(17)7-18-12-14-13-10-6-5-8-3-1-2-4-9(8)15(10)12/h1-6H,7H2,(H,16,17)/p-1. The van der Waals surface area contributed by atoms with Crippen LogP contribution in [0.5, 0.6) is 0 Å². The zero-order chi connectivity index (χ0) is 12.5. The highest BCUT2D eigenvalue weighted by molar-refractivity contribution is 7.99. The second-order valence-electron chi connectivity index (χ2n) is 3.73. The van der Waals surface area contributed by atoms with Gasteiger partial charge in [0.15, 0.2) is 10.8 Å². The summed E-state index contributed by atoms with van der Waals surface area (Å²) in [5.74, 6) is -1.25. The molecule has 18 heavy (non-hydrogen) atoms. The third-order valence-electron chi connectivity index (χ3n) is 2.57. The third kappa shape index (κ3) is 1.80. The minimum absolute atomic E-state index is 0.135. The fourth-order valence-corrected chi connectivity index (χ4v) is 2.50. The van der Waals surface area contributed by atoms with Crippen LogP contribution in [0.1, 0.15) is 0 Å². The lowest BCUT2D eigenvalue weighted by molar-refractivity contribution is -0.301. The molecule has 0 atom stereocenters. The summed E-state index contributed by atoms with van der Waals surface area (Å²) in [6, 6.07) is 11.6. The first-order chi connectivity index (χ1) is 8.75. The fourth-order valence-electron chi connectivity index (χ4n) is 1.83. The molecule has 0 bridgehead atoms. The second kappa shape index (κ2) is 4.30. The normalized spacial score (nSPS) is 11.1. The molecule has 0 spiro atoms. The van der Waals surface area contributed by atoms with E-state index in [9.17, 15) is 9.90 Å². The number of aliphatic carboxylic acids is 1. The molecule has 0 radical (unpaired) electrons. The monoisotopic (exact) mass is 258 g/mol. The number of thioether (sulfide) groups is 1. The van der Waals surface area contributed by atoms with Crippen LogP contribution in [0.4, 0.5) is 0 Å². The lowest BCUT2D eigenvalue weighted by Crippen LogP contribution is -2.24. The van der Waals surface area contributed by atoms with Crippen molar-refractivity contribution < 1.29 is 9.90 Å². The van der Waals surface area contributed by atoms with E-state index in [0.717, 1.165) is 22.7 Å². The van der Waals surface area contributed by atoms with Crippen LogP contribution < -0.4 is 5.11 Å². The summed E-state index contributed by atoms with van der Waals surface area (Å²) in [7, 11) is 0. The molecule has 3 rings (SSSR count). The molecule has 5 nitrogen and oxygen atoms in total. The highest BCUT2D eigenvalue weighted by Crippen LogP contribution is 2.22. The van der Waals surface area contributed by atoms with Gasteiger partial charge in [0.25, 0.3) is 0 Å². The molecule has 0 amide bonds. The molecule has 3 aromatic rings. The predicted octanol–water partition coefficient (Wildman–Crippen LogP) is 0.724. The smallest absolute Gasteiger partial charge is 0.196 e. The van der Waals surface area contributed by atoms with Gasteiger partial charge in [-0.15, -0.1) is 10.2 Å². The van der Waals surface area contributed by atoms with E-state index in [0.29, 0.717) is 10.8 Å². The number of benzene rings is 1. The molecule has 0 fully saturated rings. The number of carbonyl (C=O) groups excluding carboxylic acids is 1. The van der Waals surface area contributed by atoms with Gasteiger partial charge in [0, 0.05) is 5.75 Å². The van der Waals surface area contributed by atoms with Crippen molar-refractivity contribution in [2.45, 2.75) is 5.16 Å². The summed E-state index contributed by atoms with van der Waals surface area (Å²) < 4.78 is 1.85. The quantitative estimate of drug-likeness (QED) is 0.647. The Bertz CT molecular complexity index is 738. The van der Waals surface area contributed by atoms with Crippen molar-refractivity contribution in [3.8, 4) is 0 Å². The maximum Gasteiger partial charge on any atom is 0.196 e. The van der Waals surface area contributed by atoms with E-state index in [1.807, 2.05) is 40.8 Å². The largest absolute Gasteiger partial charge is 0.549 e. The lowest BCUT2D eigenvalue weighted by Gasteiger charge is -2.04. The van der Waals surface area contributed by atoms with Gasteiger partial charge in [0.05, 0.1) is 11.5 Å². The average Bonchev–Trinajstić information content (AvgIpc) is 2.80. The van der Waals surface area contributed by atoms with E-state index < -0.39 is 5.97 Å². The molecule has 0 N–H and O–H groups in total. The number of carboxylic acid groups (broad SMARTS) is 1. The summed E-state index contributed by atoms with van der Waals surface area (Å²) in [6.45, 7) is 0. The number of rotatable bonds is 3. The highest BCUT2D eigenvalue weighted by Gasteiger charge is 2.08. The van der Waals surface area contributed by atoms with Crippen LogP contribution in [-0.4, -0.2) is 26.3 Å². The Morgan fingerprint density at radius 2 is 2.06 bits per heavy atom. The maximum atomic E-state index is 10.5. The number of para-hydroxylation sites is 1. The van der Waals surface area contributed by atoms with E-state index >= 15 is 0 Å². The van der Waals surface area contributed by atoms with Crippen LogP contribution in [0.2, 0.25) is 0 Å². The van der Waals surface area contributed by atoms with Gasteiger partial charge in [-0.3, -0.25) is 4.40 Å². The Labute approximate surface area is 106 Å². The molecule has 1 aromatic carbocycles. The minimum atomic E-state index is -1.11. The van der Waals surface area contributed by atoms with Crippen molar-refractivity contribution in [2.24, 2.45) is 0 Å². The fraction of sp³-hybridized carbons (Fsp3) is 0.0833. The van der Waals surface area contributed by atoms with E-state index in [1.54, 1.807) is 0 Å². The summed E-state index contributed by atoms with van der Waals surface area (Å²) >= 11 is 1.11. The number of hydrogen-bond acceptors (Lipinski definition) is 5. The first-order valence-electron chi connectivity index (χ1n) is 5.31. The molecule has 6 heteroatoms. The maximum absolute atomic E-state index is 10.5. The zero-order valence-electron chi connectivity index (χ0n) is 9.24. The van der Waals surface area contributed by atoms with Crippen molar-refractivity contribution in [1.29, 1.82) is 0 Å². The van der Waals surface area contributed by atoms with Crippen LogP contribution in [-0.2, 0) is 4.79 Å². The van der Waals surface area contributed by atoms with Crippen molar-refractivity contribution in [2.75, 3.05) is 5.75 Å². The number of hydrogen-bond donors (Lipinski definition) is 0. The number of pyridine rings is 1. The molecule has 2 heterocycles. The van der Waals surface area contributed by atoms with Gasteiger partial charge in [-0.1, -0.05) is 30.0 Å². The van der Waals surface area contributed by atoms with Gasteiger partial charge in [-0.25, -0.2) is 0 Å². The molecule has 0 aliphatic rings. The Balaban J connectivity index is 2.20. The van der Waals surface area contributed by atoms with E-state index in [2.05, 4.69) is 10.2 Å². The first kappa shape index (κ1) is 11.0. The average molecular weight is 258 g/mol. The SMILES string of the molecule is O=C([O-])CSc1nnc2ccc3ccccc3n12. The van der Waals surface area contributed by atoms with Crippen LogP contribution in [0.25, 0.3) is 16.6 Å². The first-order valence-corrected chi connectivity index (χ1v) is 6.30. The van der Waals surface area contributed by atoms with Crippen LogP contribution in [0.3, 0.4) is 0 Å². The Hall–Kier alpha value is -2.08. The van der Waals surface area contributed by atoms with E-state index in [1.165, 1.54) is 0 Å². The van der Waals surface area contributed by atoms with Crippen molar-refractivity contribution in [1.82, 2.24) is 14.6 Å². The topological polar surface area (TPSA) is 70.3 Å². The third-order valence-corrected chi connectivity index (χ3v) is 3.47. The molecule has 90 valence electrons. The van der Waals surface area contributed by atoms with Gasteiger partial charge >= 0.3 is 0 Å². The second-order valence-corrected chi connectivity index (χ2v) is 4.67. The molecular weight excluding hydrogens is 250 g/mol. The van der Waals surface area contributed by atoms with Gasteiger partial charge in [0.1, 0.15) is 0 Å². The van der Waals surface area contributed by atoms with Gasteiger partial charge in [-0.2, -0.15) is 0 Å². The highest BCUT2D eigenvalue weighted by atomic mass is 32.2. The van der Waals surface area contributed by atoms with Gasteiger partial charge in [-0.05, 0) is 23.6 Å². The molecule has 0 unspecified atom stereocenters. The molecule has 0 aliphatic heterocycles. The number of nitrogens with zero attached hydrogens (tertiary/aromatic N) is 3. The summed E-state index contributed by atoms with van der Waals surface area (Å²) in [6.07, 6.45) is 0. The number of carbonyl (C=O) groups is 1. The summed E-state index contributed by atoms with van der Waals surface area (Å²) in [5, 5.41) is 20.1. The van der Waals surface area contributed by atoms with Crippen molar-refractivity contribution in [3.05, 3.63) is 36.4 Å². The Morgan fingerprint density at radius 1 is 1.22 bits per heavy atom. The zero-order valence-corrected chi connectivity index (χ0v) is 10.1. The van der Waals surface area contributed by atoms with E-state index in [-0.39, 0.29) is 5.75 Å². The minimum Gasteiger partial charge on any atom is -0.549 e. The lowest BCUT2D eigenvalue weighted by atomic mass is 10.2. The van der Waals surface area contributed by atoms with E-state index in [4.69, 9.17) is 0 Å². The predicted molar refractivity (Wildman–Crippen MR) is 66.2 cm³/mol. The Morgan fingerprint density at radius 3 is 2.89 bits per heavy atom. The van der Waals surface area contributed by atoms with Crippen molar-refractivity contribution in [3.63, 3.8) is 0 Å². The van der Waals surface area contributed by atoms with Crippen molar-refractivity contribution >= 4 is 34.3 Å². The Kier molecular flexibility index (Phi) is 2.64. The number of fused-ring (bicyclic) bond motifs is 3. The number of aromatic nitrogens is 3. The molecule has 0 aliphatic carbocycles. The molecule has 0 saturated carbocycles. The molecule has 2 aromatic heterocycles. The molecule has 0 saturated heterocycles. The number of carboxylic acids is 1. The van der Waals surface area contributed by atoms with Crippen LogP contribution in [0, 0.1) is 0 Å². The van der Waals surface area contributed by atoms with Crippen LogP contribution in [0.15, 0.2) is 41.6 Å². The van der Waals surface area contributed by atoms with Gasteiger partial charge < -0.3 is 9.90 Å². The summed E-state index contributed by atoms with van der Waals surface area (Å²) in [5.41, 5.74) is 1.66. The molecular formula is C12H8N3O2S-. The van der Waals surface area contributed by atoms with Crippen LogP contribution >= 0.6 is 11.8 Å².